The number of halogens is 7. The number of amides is 4. The van der Waals surface area contributed by atoms with E-state index in [1.807, 2.05) is 0 Å². The van der Waals surface area contributed by atoms with Crippen molar-refractivity contribution in [2.75, 3.05) is 32.1 Å². The van der Waals surface area contributed by atoms with Crippen LogP contribution in [0.25, 0.3) is 0 Å². The molecule has 46 heavy (non-hydrogen) atoms. The summed E-state index contributed by atoms with van der Waals surface area (Å²) in [6, 6.07) is 4.18. The zero-order valence-corrected chi connectivity index (χ0v) is 25.8. The third-order valence-corrected chi connectivity index (χ3v) is 8.70. The number of rotatable bonds is 5. The van der Waals surface area contributed by atoms with Crippen molar-refractivity contribution >= 4 is 23.7 Å². The summed E-state index contributed by atoms with van der Waals surface area (Å²) in [5.74, 6) is -1.86. The Bertz CT molecular complexity index is 1430. The summed E-state index contributed by atoms with van der Waals surface area (Å²) in [5.41, 5.74) is -3.90. The van der Waals surface area contributed by atoms with Gasteiger partial charge in [0.1, 0.15) is 5.82 Å². The van der Waals surface area contributed by atoms with Gasteiger partial charge in [0.2, 0.25) is 5.91 Å². The Morgan fingerprint density at radius 1 is 0.848 bits per heavy atom. The van der Waals surface area contributed by atoms with Gasteiger partial charge in [-0.25, -0.2) is 14.0 Å². The monoisotopic (exact) mass is 660 g/mol. The highest BCUT2D eigenvalue weighted by atomic mass is 19.4. The van der Waals surface area contributed by atoms with Gasteiger partial charge in [-0.1, -0.05) is 12.1 Å². The third kappa shape index (κ3) is 7.17. The van der Waals surface area contributed by atoms with E-state index in [1.54, 1.807) is 20.8 Å². The molecule has 0 spiro atoms. The first-order chi connectivity index (χ1) is 21.1. The van der Waals surface area contributed by atoms with Gasteiger partial charge >= 0.3 is 24.5 Å². The minimum Gasteiger partial charge on any atom is -0.465 e. The predicted octanol–water partition coefficient (Wildman–Crippen LogP) is 6.90. The van der Waals surface area contributed by atoms with Crippen LogP contribution in [-0.4, -0.2) is 82.6 Å². The lowest BCUT2D eigenvalue weighted by atomic mass is 9.77. The van der Waals surface area contributed by atoms with Crippen molar-refractivity contribution in [3.05, 3.63) is 65.0 Å². The van der Waals surface area contributed by atoms with Crippen molar-refractivity contribution in [2.45, 2.75) is 69.5 Å². The van der Waals surface area contributed by atoms with Crippen molar-refractivity contribution in [1.82, 2.24) is 14.7 Å². The number of likely N-dealkylation sites (N-methyl/N-ethyl adjacent to an activating group) is 1. The second-order valence-corrected chi connectivity index (χ2v) is 12.8. The van der Waals surface area contributed by atoms with Crippen LogP contribution in [-0.2, 0) is 17.1 Å². The number of hydrogen-bond donors (Lipinski definition) is 1. The average Bonchev–Trinajstić information content (AvgIpc) is 3.37. The number of hydrogen-bond acceptors (Lipinski definition) is 3. The summed E-state index contributed by atoms with van der Waals surface area (Å²) in [6.07, 6.45) is -10.7. The van der Waals surface area contributed by atoms with E-state index in [4.69, 9.17) is 0 Å². The first kappa shape index (κ1) is 34.8. The SMILES string of the molecule is CN(C(=O)N(C)[C@@H]1CN(C(=O)[C@H]2C[C@H](N(C(=O)O)C(C)(C)C)C2)C[C@H]1c1ccc(F)cc1)c1cc(C(F)(F)F)cc(C(F)(F)F)c1. The highest BCUT2D eigenvalue weighted by Crippen LogP contribution is 2.41. The molecule has 1 heterocycles. The van der Waals surface area contributed by atoms with Gasteiger partial charge in [-0.15, -0.1) is 0 Å². The van der Waals surface area contributed by atoms with E-state index >= 15 is 0 Å². The molecule has 252 valence electrons. The molecule has 2 aromatic carbocycles. The average molecular weight is 661 g/mol. The van der Waals surface area contributed by atoms with Crippen LogP contribution in [0.1, 0.15) is 56.2 Å². The molecule has 1 saturated heterocycles. The minimum absolute atomic E-state index is 0.0174. The zero-order valence-electron chi connectivity index (χ0n) is 25.8. The van der Waals surface area contributed by atoms with Gasteiger partial charge in [-0.2, -0.15) is 26.3 Å². The van der Waals surface area contributed by atoms with Gasteiger partial charge in [-0.05, 0) is 69.5 Å². The summed E-state index contributed by atoms with van der Waals surface area (Å²) in [6.45, 7) is 5.34. The predicted molar refractivity (Wildman–Crippen MR) is 154 cm³/mol. The number of likely N-dealkylation sites (tertiary alicyclic amines) is 1. The van der Waals surface area contributed by atoms with Crippen LogP contribution in [0.3, 0.4) is 0 Å². The van der Waals surface area contributed by atoms with Crippen LogP contribution in [0.5, 0.6) is 0 Å². The Morgan fingerprint density at radius 2 is 1.37 bits per heavy atom. The first-order valence-corrected chi connectivity index (χ1v) is 14.5. The van der Waals surface area contributed by atoms with Crippen LogP contribution in [0, 0.1) is 11.7 Å². The number of anilines is 1. The van der Waals surface area contributed by atoms with Crippen molar-refractivity contribution < 1.29 is 50.2 Å². The smallest absolute Gasteiger partial charge is 0.416 e. The second-order valence-electron chi connectivity index (χ2n) is 12.8. The fourth-order valence-electron chi connectivity index (χ4n) is 6.27. The Morgan fingerprint density at radius 3 is 1.83 bits per heavy atom. The summed E-state index contributed by atoms with van der Waals surface area (Å²) < 4.78 is 94.6. The van der Waals surface area contributed by atoms with Gasteiger partial charge in [0, 0.05) is 56.3 Å². The molecule has 2 atom stereocenters. The number of carbonyl (C=O) groups is 3. The summed E-state index contributed by atoms with van der Waals surface area (Å²) >= 11 is 0. The molecule has 0 aromatic heterocycles. The topological polar surface area (TPSA) is 84.4 Å². The molecule has 0 radical (unpaired) electrons. The Hall–Kier alpha value is -4.04. The van der Waals surface area contributed by atoms with Gasteiger partial charge in [0.15, 0.2) is 0 Å². The molecule has 4 rings (SSSR count). The van der Waals surface area contributed by atoms with E-state index in [1.165, 1.54) is 41.1 Å². The molecular weight excluding hydrogens is 625 g/mol. The Balaban J connectivity index is 1.59. The zero-order chi connectivity index (χ0) is 34.5. The van der Waals surface area contributed by atoms with Crippen molar-refractivity contribution in [3.63, 3.8) is 0 Å². The number of carboxylic acid groups (broad SMARTS) is 1. The van der Waals surface area contributed by atoms with E-state index in [-0.39, 0.29) is 31.1 Å². The fraction of sp³-hybridized carbons (Fsp3) is 0.516. The van der Waals surface area contributed by atoms with E-state index in [9.17, 15) is 50.2 Å². The molecule has 1 N–H and O–H groups in total. The van der Waals surface area contributed by atoms with E-state index in [0.717, 1.165) is 11.9 Å². The lowest BCUT2D eigenvalue weighted by Gasteiger charge is -2.47. The second kappa shape index (κ2) is 12.3. The molecular formula is C31H35F7N4O4. The van der Waals surface area contributed by atoms with Crippen molar-refractivity contribution in [3.8, 4) is 0 Å². The van der Waals surface area contributed by atoms with Crippen LogP contribution in [0.2, 0.25) is 0 Å². The first-order valence-electron chi connectivity index (χ1n) is 14.5. The largest absolute Gasteiger partial charge is 0.465 e. The molecule has 1 aliphatic carbocycles. The molecule has 15 heteroatoms. The number of carbonyl (C=O) groups excluding carboxylic acids is 2. The van der Waals surface area contributed by atoms with Crippen molar-refractivity contribution in [1.29, 1.82) is 0 Å². The lowest BCUT2D eigenvalue weighted by Crippen LogP contribution is -2.58. The van der Waals surface area contributed by atoms with E-state index in [0.29, 0.717) is 35.4 Å². The molecule has 4 amide bonds. The number of benzene rings is 2. The third-order valence-electron chi connectivity index (χ3n) is 8.70. The highest BCUT2D eigenvalue weighted by molar-refractivity contribution is 5.92. The molecule has 1 aliphatic heterocycles. The van der Waals surface area contributed by atoms with Crippen LogP contribution >= 0.6 is 0 Å². The molecule has 0 bridgehead atoms. The van der Waals surface area contributed by atoms with Gasteiger partial charge in [-0.3, -0.25) is 9.69 Å². The number of urea groups is 1. The van der Waals surface area contributed by atoms with Crippen molar-refractivity contribution in [2.24, 2.45) is 5.92 Å². The lowest BCUT2D eigenvalue weighted by molar-refractivity contribution is -0.143. The number of nitrogens with zero attached hydrogens (tertiary/aromatic N) is 4. The fourth-order valence-corrected chi connectivity index (χ4v) is 6.27. The molecule has 8 nitrogen and oxygen atoms in total. The molecule has 0 unspecified atom stereocenters. The standard InChI is InChI=1S/C31H35F7N4O4/c1-29(2,3)42(28(45)46)23-10-18(11-23)26(43)41-15-24(17-6-8-21(32)9-7-17)25(16-41)40(5)27(44)39(4)22-13-19(30(33,34)35)12-20(14-22)31(36,37)38/h6-9,12-14,18,23-25H,10-11,15-16H2,1-5H3,(H,45,46)/t18-,23-,24-,25+/m0/s1. The summed E-state index contributed by atoms with van der Waals surface area (Å²) in [7, 11) is 2.39. The molecule has 2 aromatic rings. The highest BCUT2D eigenvalue weighted by Gasteiger charge is 2.48. The molecule has 1 saturated carbocycles. The van der Waals surface area contributed by atoms with E-state index in [2.05, 4.69) is 0 Å². The Kier molecular flexibility index (Phi) is 9.30. The van der Waals surface area contributed by atoms with Crippen LogP contribution in [0.4, 0.5) is 46.0 Å². The van der Waals surface area contributed by atoms with Gasteiger partial charge in [0.25, 0.3) is 0 Å². The van der Waals surface area contributed by atoms with Crippen LogP contribution in [0.15, 0.2) is 42.5 Å². The van der Waals surface area contributed by atoms with Crippen LogP contribution < -0.4 is 4.90 Å². The minimum atomic E-state index is -5.11. The number of alkyl halides is 6. The molecule has 2 fully saturated rings. The molecule has 2 aliphatic rings. The maximum absolute atomic E-state index is 13.7. The Labute approximate surface area is 261 Å². The quantitative estimate of drug-likeness (QED) is 0.354. The summed E-state index contributed by atoms with van der Waals surface area (Å²) in [5, 5.41) is 9.70. The van der Waals surface area contributed by atoms with Gasteiger partial charge in [0.05, 0.1) is 17.2 Å². The maximum Gasteiger partial charge on any atom is 0.416 e. The summed E-state index contributed by atoms with van der Waals surface area (Å²) in [4.78, 5) is 43.7. The maximum atomic E-state index is 13.7. The normalized spacial score (nSPS) is 21.9. The van der Waals surface area contributed by atoms with E-state index < -0.39 is 70.5 Å². The van der Waals surface area contributed by atoms with Gasteiger partial charge < -0.3 is 19.8 Å².